The number of halogens is 2. The molecule has 0 radical (unpaired) electrons. The van der Waals surface area contributed by atoms with Crippen LogP contribution in [0, 0.1) is 0 Å². The molecule has 0 N–H and O–H groups in total. The van der Waals surface area contributed by atoms with Gasteiger partial charge in [0, 0.05) is 17.5 Å². The van der Waals surface area contributed by atoms with Gasteiger partial charge in [-0.1, -0.05) is 18.5 Å². The molecule has 5 heteroatoms. The fourth-order valence-electron chi connectivity index (χ4n) is 2.07. The highest BCUT2D eigenvalue weighted by Gasteiger charge is 2.11. The minimum Gasteiger partial charge on any atom is -1.00 e. The Labute approximate surface area is 139 Å². The van der Waals surface area contributed by atoms with Gasteiger partial charge in [-0.05, 0) is 24.3 Å². The fraction of sp³-hybridized carbons (Fsp3) is 0.200. The molecule has 0 aliphatic heterocycles. The van der Waals surface area contributed by atoms with E-state index in [0.717, 1.165) is 29.6 Å². The number of hydrogen-bond acceptors (Lipinski definition) is 2. The monoisotopic (exact) mass is 400 g/mol. The van der Waals surface area contributed by atoms with E-state index in [-0.39, 0.29) is 24.0 Å². The Morgan fingerprint density at radius 3 is 2.95 bits per heavy atom. The number of nitrogens with zero attached hydrogens (tertiary/aromatic N) is 2. The number of aryl methyl sites for hydroxylation is 1. The molecule has 0 amide bonds. The topological polar surface area (TPSA) is 29.9 Å². The average molecular weight is 401 g/mol. The third kappa shape index (κ3) is 3.12. The van der Waals surface area contributed by atoms with Crippen molar-refractivity contribution in [1.82, 2.24) is 4.98 Å². The predicted molar refractivity (Wildman–Crippen MR) is 74.9 cm³/mol. The highest BCUT2D eigenvalue weighted by molar-refractivity contribution is 6.31. The van der Waals surface area contributed by atoms with E-state index in [9.17, 15) is 0 Å². The van der Waals surface area contributed by atoms with Crippen molar-refractivity contribution in [2.75, 3.05) is 0 Å². The molecule has 0 fully saturated rings. The van der Waals surface area contributed by atoms with Gasteiger partial charge < -0.3 is 28.4 Å². The van der Waals surface area contributed by atoms with Gasteiger partial charge >= 0.3 is 0 Å². The molecule has 20 heavy (non-hydrogen) atoms. The lowest BCUT2D eigenvalue weighted by Crippen LogP contribution is -3.00. The fourth-order valence-corrected chi connectivity index (χ4v) is 2.24. The van der Waals surface area contributed by atoms with Crippen LogP contribution in [0.4, 0.5) is 0 Å². The van der Waals surface area contributed by atoms with Gasteiger partial charge in [-0.25, -0.2) is 9.55 Å². The van der Waals surface area contributed by atoms with Crippen molar-refractivity contribution >= 4 is 22.7 Å². The van der Waals surface area contributed by atoms with Gasteiger partial charge in [0.1, 0.15) is 17.6 Å². The van der Waals surface area contributed by atoms with E-state index in [1.54, 1.807) is 6.07 Å². The van der Waals surface area contributed by atoms with Crippen molar-refractivity contribution in [3.05, 3.63) is 47.7 Å². The average Bonchev–Trinajstić information content (AvgIpc) is 2.82. The second-order valence-electron chi connectivity index (χ2n) is 4.46. The van der Waals surface area contributed by atoms with E-state index in [4.69, 9.17) is 16.0 Å². The summed E-state index contributed by atoms with van der Waals surface area (Å²) >= 11 is 5.95. The van der Waals surface area contributed by atoms with Crippen LogP contribution >= 0.6 is 11.6 Å². The smallest absolute Gasteiger partial charge is 0.233 e. The van der Waals surface area contributed by atoms with Crippen molar-refractivity contribution in [2.45, 2.75) is 19.9 Å². The summed E-state index contributed by atoms with van der Waals surface area (Å²) in [4.78, 5) is 4.48. The third-order valence-corrected chi connectivity index (χ3v) is 3.17. The molecule has 0 saturated heterocycles. The molecule has 3 aromatic rings. The maximum atomic E-state index is 5.95. The molecule has 0 aliphatic rings. The number of benzene rings is 1. The van der Waals surface area contributed by atoms with Gasteiger partial charge in [0.25, 0.3) is 0 Å². The van der Waals surface area contributed by atoms with Crippen molar-refractivity contribution in [1.29, 1.82) is 0 Å². The molecular formula is C15H14ClIN2O. The molecule has 2 heterocycles. The zero-order chi connectivity index (χ0) is 13.2. The molecule has 0 spiro atoms. The van der Waals surface area contributed by atoms with Crippen LogP contribution in [-0.4, -0.2) is 4.98 Å². The van der Waals surface area contributed by atoms with E-state index in [2.05, 4.69) is 22.7 Å². The number of hydrogen-bond donors (Lipinski definition) is 0. The number of pyridine rings is 1. The highest BCUT2D eigenvalue weighted by atomic mass is 127. The summed E-state index contributed by atoms with van der Waals surface area (Å²) < 4.78 is 7.90. The third-order valence-electron chi connectivity index (χ3n) is 2.94. The lowest BCUT2D eigenvalue weighted by Gasteiger charge is -1.95. The van der Waals surface area contributed by atoms with Crippen LogP contribution in [0.15, 0.2) is 47.1 Å². The zero-order valence-electron chi connectivity index (χ0n) is 11.0. The van der Waals surface area contributed by atoms with Gasteiger partial charge in [-0.3, -0.25) is 0 Å². The summed E-state index contributed by atoms with van der Waals surface area (Å²) in [6.07, 6.45) is 5.19. The second kappa shape index (κ2) is 6.54. The lowest BCUT2D eigenvalue weighted by molar-refractivity contribution is -0.696. The van der Waals surface area contributed by atoms with Crippen molar-refractivity contribution in [3.8, 4) is 11.5 Å². The molecule has 0 unspecified atom stereocenters. The minimum atomic E-state index is 0. The maximum absolute atomic E-state index is 5.95. The Morgan fingerprint density at radius 2 is 2.15 bits per heavy atom. The zero-order valence-corrected chi connectivity index (χ0v) is 13.9. The second-order valence-corrected chi connectivity index (χ2v) is 4.90. The lowest BCUT2D eigenvalue weighted by atomic mass is 10.3. The van der Waals surface area contributed by atoms with Crippen LogP contribution in [0.25, 0.3) is 22.6 Å². The molecule has 1 aromatic carbocycles. The number of rotatable bonds is 3. The number of fused-ring (bicyclic) bond motifs is 1. The molecule has 104 valence electrons. The van der Waals surface area contributed by atoms with E-state index >= 15 is 0 Å². The van der Waals surface area contributed by atoms with Crippen LogP contribution in [0.5, 0.6) is 0 Å². The van der Waals surface area contributed by atoms with Gasteiger partial charge in [-0.2, -0.15) is 0 Å². The van der Waals surface area contributed by atoms with Crippen LogP contribution in [0.3, 0.4) is 0 Å². The molecule has 2 aromatic heterocycles. The van der Waals surface area contributed by atoms with E-state index < -0.39 is 0 Å². The van der Waals surface area contributed by atoms with Gasteiger partial charge in [0.15, 0.2) is 18.0 Å². The van der Waals surface area contributed by atoms with Crippen LogP contribution in [0.1, 0.15) is 13.3 Å². The molecule has 0 atom stereocenters. The van der Waals surface area contributed by atoms with Gasteiger partial charge in [0.05, 0.1) is 0 Å². The molecular weight excluding hydrogens is 387 g/mol. The Bertz CT molecular complexity index is 727. The summed E-state index contributed by atoms with van der Waals surface area (Å²) in [6, 6.07) is 9.47. The first-order chi connectivity index (χ1) is 9.26. The number of oxazole rings is 1. The van der Waals surface area contributed by atoms with Gasteiger partial charge in [-0.15, -0.1) is 0 Å². The van der Waals surface area contributed by atoms with Crippen molar-refractivity contribution in [3.63, 3.8) is 0 Å². The quantitative estimate of drug-likeness (QED) is 0.482. The minimum absolute atomic E-state index is 0. The molecule has 0 aliphatic carbocycles. The molecule has 3 rings (SSSR count). The largest absolute Gasteiger partial charge is 1.00 e. The van der Waals surface area contributed by atoms with Crippen LogP contribution in [-0.2, 0) is 6.54 Å². The van der Waals surface area contributed by atoms with Crippen molar-refractivity contribution in [2.24, 2.45) is 0 Å². The standard InChI is InChI=1S/C15H14ClN2O.HI/c1-2-7-18-8-3-4-11(10-18)15-17-13-9-12(16)5-6-14(13)19-15;/h3-6,8-10H,2,7H2,1H3;1H/q+1;/p-1. The summed E-state index contributed by atoms with van der Waals surface area (Å²) in [5.41, 5.74) is 2.52. The van der Waals surface area contributed by atoms with E-state index in [0.29, 0.717) is 10.9 Å². The van der Waals surface area contributed by atoms with Crippen LogP contribution < -0.4 is 28.5 Å². The molecule has 0 saturated carbocycles. The molecule has 0 bridgehead atoms. The molecule has 3 nitrogen and oxygen atoms in total. The number of aromatic nitrogens is 2. The summed E-state index contributed by atoms with van der Waals surface area (Å²) in [5, 5.41) is 0.668. The van der Waals surface area contributed by atoms with E-state index in [1.165, 1.54) is 0 Å². The first kappa shape index (κ1) is 15.3. The Morgan fingerprint density at radius 1 is 1.30 bits per heavy atom. The van der Waals surface area contributed by atoms with Crippen molar-refractivity contribution < 1.29 is 33.0 Å². The Hall–Kier alpha value is -1.14. The normalized spacial score (nSPS) is 10.5. The van der Waals surface area contributed by atoms with Gasteiger partial charge in [0.2, 0.25) is 5.89 Å². The SMILES string of the molecule is CCC[n+]1cccc(-c2nc3cc(Cl)ccc3o2)c1.[I-]. The first-order valence-corrected chi connectivity index (χ1v) is 6.69. The van der Waals surface area contributed by atoms with E-state index in [1.807, 2.05) is 30.5 Å². The Kier molecular flexibility index (Phi) is 4.99. The Balaban J connectivity index is 0.00000147. The summed E-state index contributed by atoms with van der Waals surface area (Å²) in [7, 11) is 0. The predicted octanol–water partition coefficient (Wildman–Crippen LogP) is 0.850. The summed E-state index contributed by atoms with van der Waals surface area (Å²) in [6.45, 7) is 3.14. The van der Waals surface area contributed by atoms with Crippen LogP contribution in [0.2, 0.25) is 5.02 Å². The first-order valence-electron chi connectivity index (χ1n) is 6.32. The summed E-state index contributed by atoms with van der Waals surface area (Å²) in [5.74, 6) is 0.628. The highest BCUT2D eigenvalue weighted by Crippen LogP contribution is 2.25. The maximum Gasteiger partial charge on any atom is 0.233 e.